The Morgan fingerprint density at radius 3 is 2.36 bits per heavy atom. The summed E-state index contributed by atoms with van der Waals surface area (Å²) in [4.78, 5) is 6.93. The van der Waals surface area contributed by atoms with Gasteiger partial charge in [-0.2, -0.15) is 13.2 Å². The van der Waals surface area contributed by atoms with Crippen LogP contribution in [0.4, 0.5) is 13.2 Å². The van der Waals surface area contributed by atoms with E-state index in [-0.39, 0.29) is 27.6 Å². The van der Waals surface area contributed by atoms with Crippen molar-refractivity contribution in [3.63, 3.8) is 0 Å². The van der Waals surface area contributed by atoms with E-state index in [9.17, 15) is 30.0 Å². The van der Waals surface area contributed by atoms with E-state index in [0.29, 0.717) is 12.3 Å². The quantitative estimate of drug-likeness (QED) is 0.621. The number of oxazole rings is 1. The van der Waals surface area contributed by atoms with Crippen molar-refractivity contribution in [3.8, 4) is 11.6 Å². The molecular formula is C16H13F3N2O5S2. The van der Waals surface area contributed by atoms with Gasteiger partial charge >= 0.3 is 6.18 Å². The maximum atomic E-state index is 13.0. The van der Waals surface area contributed by atoms with Crippen LogP contribution in [0, 0.1) is 0 Å². The molecule has 0 saturated carbocycles. The Morgan fingerprint density at radius 2 is 1.79 bits per heavy atom. The van der Waals surface area contributed by atoms with Gasteiger partial charge in [-0.05, 0) is 24.3 Å². The van der Waals surface area contributed by atoms with Gasteiger partial charge in [0, 0.05) is 12.5 Å². The summed E-state index contributed by atoms with van der Waals surface area (Å²) in [5, 5.41) is 0. The fourth-order valence-electron chi connectivity index (χ4n) is 2.39. The van der Waals surface area contributed by atoms with E-state index in [1.807, 2.05) is 0 Å². The Hall–Kier alpha value is -2.47. The van der Waals surface area contributed by atoms with Crippen LogP contribution in [0.25, 0.3) is 22.7 Å². The van der Waals surface area contributed by atoms with Crippen LogP contribution < -0.4 is 0 Å². The molecule has 0 unspecified atom stereocenters. The number of hydrogen-bond donors (Lipinski definition) is 0. The highest BCUT2D eigenvalue weighted by molar-refractivity contribution is 7.91. The predicted molar refractivity (Wildman–Crippen MR) is 93.1 cm³/mol. The van der Waals surface area contributed by atoms with E-state index < -0.39 is 42.1 Å². The number of rotatable bonds is 4. The van der Waals surface area contributed by atoms with Gasteiger partial charge in [0.2, 0.25) is 5.89 Å². The van der Waals surface area contributed by atoms with Gasteiger partial charge in [-0.3, -0.25) is 0 Å². The van der Waals surface area contributed by atoms with Crippen LogP contribution in [0.2, 0.25) is 0 Å². The number of aromatic nitrogens is 2. The number of benzene rings is 1. The first kappa shape index (κ1) is 20.3. The first-order valence-electron chi connectivity index (χ1n) is 7.74. The molecule has 28 heavy (non-hydrogen) atoms. The Bertz CT molecular complexity index is 1280. The molecule has 0 atom stereocenters. The van der Waals surface area contributed by atoms with Crippen LogP contribution in [-0.2, 0) is 25.9 Å². The van der Waals surface area contributed by atoms with Crippen molar-refractivity contribution >= 4 is 30.8 Å². The van der Waals surface area contributed by atoms with Crippen molar-refractivity contribution in [2.75, 3.05) is 12.0 Å². The summed E-state index contributed by atoms with van der Waals surface area (Å²) in [6, 6.07) is 4.30. The molecule has 0 fully saturated rings. The van der Waals surface area contributed by atoms with Crippen molar-refractivity contribution in [2.45, 2.75) is 22.9 Å². The lowest BCUT2D eigenvalue weighted by atomic mass is 10.2. The molecule has 0 N–H and O–H groups in total. The molecule has 0 saturated heterocycles. The lowest BCUT2D eigenvalue weighted by molar-refractivity contribution is -0.138. The monoisotopic (exact) mass is 434 g/mol. The van der Waals surface area contributed by atoms with E-state index in [1.54, 1.807) is 0 Å². The molecular weight excluding hydrogens is 421 g/mol. The Labute approximate surface area is 158 Å². The Morgan fingerprint density at radius 1 is 1.11 bits per heavy atom. The van der Waals surface area contributed by atoms with Gasteiger partial charge in [0.15, 0.2) is 25.3 Å². The standard InChI is InChI=1S/C16H13F3N2O5S2/c1-3-28(24,25)13-6-9(16(17,18)19)8-20-14(13)15-21-11-7-10(27(2,22)23)4-5-12(11)26-15/h4-8H,3H2,1-2H3. The van der Waals surface area contributed by atoms with Gasteiger partial charge in [0.25, 0.3) is 0 Å². The lowest BCUT2D eigenvalue weighted by Gasteiger charge is -2.10. The highest BCUT2D eigenvalue weighted by Crippen LogP contribution is 2.35. The van der Waals surface area contributed by atoms with Gasteiger partial charge in [-0.15, -0.1) is 0 Å². The van der Waals surface area contributed by atoms with Crippen molar-refractivity contribution in [3.05, 3.63) is 36.0 Å². The van der Waals surface area contributed by atoms with Crippen molar-refractivity contribution in [1.29, 1.82) is 0 Å². The fourth-order valence-corrected chi connectivity index (χ4v) is 4.09. The summed E-state index contributed by atoms with van der Waals surface area (Å²) in [6.07, 6.45) is -3.30. The molecule has 0 aliphatic rings. The zero-order valence-electron chi connectivity index (χ0n) is 14.5. The van der Waals surface area contributed by atoms with E-state index in [4.69, 9.17) is 4.42 Å². The maximum absolute atomic E-state index is 13.0. The summed E-state index contributed by atoms with van der Waals surface area (Å²) < 4.78 is 92.3. The second-order valence-corrected chi connectivity index (χ2v) is 10.2. The van der Waals surface area contributed by atoms with Crippen LogP contribution in [0.5, 0.6) is 0 Å². The summed E-state index contributed by atoms with van der Waals surface area (Å²) in [5.41, 5.74) is -1.38. The molecule has 3 rings (SSSR count). The zero-order valence-corrected chi connectivity index (χ0v) is 16.1. The number of alkyl halides is 3. The average Bonchev–Trinajstić information content (AvgIpc) is 3.02. The molecule has 2 aromatic heterocycles. The Kier molecular flexibility index (Phi) is 4.74. The number of nitrogens with zero attached hydrogens (tertiary/aromatic N) is 2. The minimum atomic E-state index is -4.78. The summed E-state index contributed by atoms with van der Waals surface area (Å²) >= 11 is 0. The molecule has 2 heterocycles. The lowest BCUT2D eigenvalue weighted by Crippen LogP contribution is -2.12. The molecule has 0 amide bonds. The third-order valence-corrected chi connectivity index (χ3v) is 6.74. The second kappa shape index (κ2) is 6.55. The average molecular weight is 434 g/mol. The highest BCUT2D eigenvalue weighted by atomic mass is 32.2. The van der Waals surface area contributed by atoms with Gasteiger partial charge < -0.3 is 4.42 Å². The van der Waals surface area contributed by atoms with Crippen LogP contribution in [0.3, 0.4) is 0 Å². The third-order valence-electron chi connectivity index (χ3n) is 3.88. The number of fused-ring (bicyclic) bond motifs is 1. The van der Waals surface area contributed by atoms with Crippen molar-refractivity contribution < 1.29 is 34.4 Å². The number of halogens is 3. The summed E-state index contributed by atoms with van der Waals surface area (Å²) in [7, 11) is -7.61. The molecule has 0 aliphatic carbocycles. The van der Waals surface area contributed by atoms with Crippen LogP contribution in [0.15, 0.2) is 44.7 Å². The molecule has 150 valence electrons. The van der Waals surface area contributed by atoms with E-state index in [1.165, 1.54) is 25.1 Å². The normalized spacial score (nSPS) is 13.2. The number of hydrogen-bond acceptors (Lipinski definition) is 7. The van der Waals surface area contributed by atoms with Crippen LogP contribution >= 0.6 is 0 Å². The number of pyridine rings is 1. The van der Waals surface area contributed by atoms with Crippen LogP contribution in [-0.4, -0.2) is 38.8 Å². The highest BCUT2D eigenvalue weighted by Gasteiger charge is 2.34. The predicted octanol–water partition coefficient (Wildman–Crippen LogP) is 3.11. The summed E-state index contributed by atoms with van der Waals surface area (Å²) in [5.74, 6) is -0.789. The van der Waals surface area contributed by atoms with Gasteiger partial charge in [-0.1, -0.05) is 6.92 Å². The fraction of sp³-hybridized carbons (Fsp3) is 0.250. The van der Waals surface area contributed by atoms with Gasteiger partial charge in [0.05, 0.1) is 21.1 Å². The molecule has 0 radical (unpaired) electrons. The molecule has 12 heteroatoms. The SMILES string of the molecule is CCS(=O)(=O)c1cc(C(F)(F)F)cnc1-c1nc2cc(S(C)(=O)=O)ccc2o1. The van der Waals surface area contributed by atoms with E-state index in [0.717, 1.165) is 6.26 Å². The Balaban J connectivity index is 2.25. The summed E-state index contributed by atoms with van der Waals surface area (Å²) in [6.45, 7) is 1.28. The minimum absolute atomic E-state index is 0.0402. The molecule has 7 nitrogen and oxygen atoms in total. The van der Waals surface area contributed by atoms with E-state index in [2.05, 4.69) is 9.97 Å². The molecule has 0 spiro atoms. The topological polar surface area (TPSA) is 107 Å². The molecule has 0 aliphatic heterocycles. The van der Waals surface area contributed by atoms with Gasteiger partial charge in [0.1, 0.15) is 11.2 Å². The smallest absolute Gasteiger partial charge is 0.417 e. The molecule has 1 aromatic carbocycles. The van der Waals surface area contributed by atoms with Gasteiger partial charge in [-0.25, -0.2) is 26.8 Å². The van der Waals surface area contributed by atoms with Crippen molar-refractivity contribution in [1.82, 2.24) is 9.97 Å². The second-order valence-electron chi connectivity index (χ2n) is 5.89. The maximum Gasteiger partial charge on any atom is 0.417 e. The van der Waals surface area contributed by atoms with Crippen LogP contribution in [0.1, 0.15) is 12.5 Å². The molecule has 3 aromatic rings. The third kappa shape index (κ3) is 3.74. The zero-order chi connectivity index (χ0) is 20.9. The largest absolute Gasteiger partial charge is 0.435 e. The molecule has 0 bridgehead atoms. The minimum Gasteiger partial charge on any atom is -0.435 e. The first-order chi connectivity index (χ1) is 12.8. The van der Waals surface area contributed by atoms with E-state index >= 15 is 0 Å². The first-order valence-corrected chi connectivity index (χ1v) is 11.3. The number of sulfone groups is 2. The van der Waals surface area contributed by atoms with Crippen molar-refractivity contribution in [2.24, 2.45) is 0 Å².